The number of aldehydes is 1. The maximum Gasteiger partial charge on any atom is 0.387 e. The van der Waals surface area contributed by atoms with E-state index in [2.05, 4.69) is 4.74 Å². The second kappa shape index (κ2) is 5.85. The lowest BCUT2D eigenvalue weighted by Crippen LogP contribution is -2.11. The van der Waals surface area contributed by atoms with Crippen LogP contribution in [0.2, 0.25) is 0 Å². The van der Waals surface area contributed by atoms with Gasteiger partial charge < -0.3 is 9.84 Å². The van der Waals surface area contributed by atoms with Crippen molar-refractivity contribution in [3.05, 3.63) is 33.4 Å². The molecular formula is C10H7F2NO6. The normalized spacial score (nSPS) is 10.3. The lowest BCUT2D eigenvalue weighted by atomic mass is 10.0. The highest BCUT2D eigenvalue weighted by molar-refractivity contribution is 5.85. The van der Waals surface area contributed by atoms with Crippen molar-refractivity contribution in [3.63, 3.8) is 0 Å². The molecule has 0 aliphatic rings. The van der Waals surface area contributed by atoms with Crippen LogP contribution in [0.4, 0.5) is 14.5 Å². The van der Waals surface area contributed by atoms with E-state index in [1.807, 2.05) is 0 Å². The maximum atomic E-state index is 12.1. The van der Waals surface area contributed by atoms with E-state index < -0.39 is 46.5 Å². The predicted molar refractivity (Wildman–Crippen MR) is 56.5 cm³/mol. The molecule has 0 aromatic heterocycles. The minimum absolute atomic E-state index is 0.135. The summed E-state index contributed by atoms with van der Waals surface area (Å²) in [6.07, 6.45) is -0.782. The fraction of sp³-hybridized carbons (Fsp3) is 0.200. The Hall–Kier alpha value is -2.58. The van der Waals surface area contributed by atoms with Crippen LogP contribution in [0.1, 0.15) is 15.9 Å². The number of carbonyl (C=O) groups is 2. The predicted octanol–water partition coefficient (Wildman–Crippen LogP) is 1.64. The molecule has 1 aromatic rings. The van der Waals surface area contributed by atoms with Gasteiger partial charge >= 0.3 is 12.6 Å². The molecule has 0 fully saturated rings. The molecule has 9 heteroatoms. The summed E-state index contributed by atoms with van der Waals surface area (Å²) < 4.78 is 28.3. The summed E-state index contributed by atoms with van der Waals surface area (Å²) >= 11 is 0. The monoisotopic (exact) mass is 275 g/mol. The highest BCUT2D eigenvalue weighted by Crippen LogP contribution is 2.32. The van der Waals surface area contributed by atoms with Gasteiger partial charge in [0.05, 0.1) is 22.5 Å². The molecule has 0 saturated heterocycles. The minimum atomic E-state index is -3.27. The maximum absolute atomic E-state index is 12.1. The molecule has 0 radical (unpaired) electrons. The molecule has 0 saturated carbocycles. The number of halogens is 2. The Labute approximate surface area is 104 Å². The molecule has 0 unspecified atom stereocenters. The topological polar surface area (TPSA) is 107 Å². The van der Waals surface area contributed by atoms with Crippen molar-refractivity contribution in [2.45, 2.75) is 13.0 Å². The van der Waals surface area contributed by atoms with Crippen LogP contribution >= 0.6 is 0 Å². The average molecular weight is 275 g/mol. The molecule has 0 heterocycles. The van der Waals surface area contributed by atoms with E-state index >= 15 is 0 Å². The van der Waals surface area contributed by atoms with Crippen molar-refractivity contribution in [3.8, 4) is 5.75 Å². The van der Waals surface area contributed by atoms with Gasteiger partial charge in [-0.25, -0.2) is 0 Å². The molecule has 1 N–H and O–H groups in total. The fourth-order valence-corrected chi connectivity index (χ4v) is 1.48. The third-order valence-electron chi connectivity index (χ3n) is 2.12. The molecule has 0 spiro atoms. The third kappa shape index (κ3) is 3.44. The first-order valence-electron chi connectivity index (χ1n) is 4.78. The molecule has 0 aliphatic carbocycles. The van der Waals surface area contributed by atoms with Gasteiger partial charge in [0.1, 0.15) is 5.75 Å². The van der Waals surface area contributed by atoms with E-state index in [-0.39, 0.29) is 6.29 Å². The van der Waals surface area contributed by atoms with Gasteiger partial charge in [0.15, 0.2) is 6.29 Å². The summed E-state index contributed by atoms with van der Waals surface area (Å²) in [7, 11) is 0. The molecule has 1 aromatic carbocycles. The quantitative estimate of drug-likeness (QED) is 0.480. The number of nitro groups is 1. The summed E-state index contributed by atoms with van der Waals surface area (Å²) in [4.78, 5) is 31.1. The lowest BCUT2D eigenvalue weighted by Gasteiger charge is -2.10. The van der Waals surface area contributed by atoms with Crippen molar-refractivity contribution in [1.29, 1.82) is 0 Å². The Balaban J connectivity index is 3.48. The largest absolute Gasteiger partial charge is 0.481 e. The molecule has 1 rings (SSSR count). The zero-order valence-corrected chi connectivity index (χ0v) is 9.21. The van der Waals surface area contributed by atoms with Crippen LogP contribution in [-0.2, 0) is 11.2 Å². The average Bonchev–Trinajstić information content (AvgIpc) is 2.29. The highest BCUT2D eigenvalue weighted by Gasteiger charge is 2.26. The van der Waals surface area contributed by atoms with Gasteiger partial charge in [-0.05, 0) is 12.1 Å². The zero-order chi connectivity index (χ0) is 14.6. The number of carboxylic acid groups (broad SMARTS) is 1. The molecule has 0 aliphatic heterocycles. The van der Waals surface area contributed by atoms with Gasteiger partial charge in [0.25, 0.3) is 5.69 Å². The van der Waals surface area contributed by atoms with Crippen LogP contribution in [0.5, 0.6) is 5.75 Å². The Bertz CT molecular complexity index is 531. The smallest absolute Gasteiger partial charge is 0.387 e. The van der Waals surface area contributed by atoms with Gasteiger partial charge in [0.2, 0.25) is 0 Å². The first-order valence-corrected chi connectivity index (χ1v) is 4.78. The molecule has 19 heavy (non-hydrogen) atoms. The van der Waals surface area contributed by atoms with Gasteiger partial charge in [-0.2, -0.15) is 8.78 Å². The summed E-state index contributed by atoms with van der Waals surface area (Å²) in [5, 5.41) is 19.5. The third-order valence-corrected chi connectivity index (χ3v) is 2.12. The van der Waals surface area contributed by atoms with E-state index in [1.165, 1.54) is 0 Å². The number of ether oxygens (including phenoxy) is 1. The summed E-state index contributed by atoms with van der Waals surface area (Å²) in [5.41, 5.74) is -1.85. The van der Waals surface area contributed by atoms with Gasteiger partial charge in [0, 0.05) is 0 Å². The summed E-state index contributed by atoms with van der Waals surface area (Å²) in [6, 6.07) is 1.80. The van der Waals surface area contributed by atoms with Crippen LogP contribution < -0.4 is 4.74 Å². The molecule has 0 atom stereocenters. The summed E-state index contributed by atoms with van der Waals surface area (Å²) in [6.45, 7) is -3.27. The second-order valence-electron chi connectivity index (χ2n) is 3.30. The number of hydrogen-bond acceptors (Lipinski definition) is 5. The van der Waals surface area contributed by atoms with Crippen molar-refractivity contribution < 1.29 is 33.1 Å². The van der Waals surface area contributed by atoms with E-state index in [4.69, 9.17) is 5.11 Å². The number of alkyl halides is 2. The number of carboxylic acids is 1. The molecular weight excluding hydrogens is 268 g/mol. The van der Waals surface area contributed by atoms with Gasteiger partial charge in [-0.15, -0.1) is 0 Å². The molecule has 7 nitrogen and oxygen atoms in total. The summed E-state index contributed by atoms with van der Waals surface area (Å²) in [5.74, 6) is -2.13. The number of nitro benzene ring substituents is 1. The Kier molecular flexibility index (Phi) is 4.46. The van der Waals surface area contributed by atoms with Crippen LogP contribution in [0, 0.1) is 10.1 Å². The van der Waals surface area contributed by atoms with E-state index in [9.17, 15) is 28.5 Å². The van der Waals surface area contributed by atoms with Crippen molar-refractivity contribution in [2.75, 3.05) is 0 Å². The van der Waals surface area contributed by atoms with Crippen molar-refractivity contribution in [2.24, 2.45) is 0 Å². The minimum Gasteiger partial charge on any atom is -0.481 e. The van der Waals surface area contributed by atoms with E-state index in [0.717, 1.165) is 12.1 Å². The zero-order valence-electron chi connectivity index (χ0n) is 9.21. The number of carbonyl (C=O) groups excluding carboxylic acids is 1. The SMILES string of the molecule is O=Cc1ccc(OC(F)F)c(CC(=O)O)c1[N+](=O)[O-]. The van der Waals surface area contributed by atoms with Gasteiger partial charge in [-0.1, -0.05) is 0 Å². The van der Waals surface area contributed by atoms with Crippen LogP contribution in [0.3, 0.4) is 0 Å². The Morgan fingerprint density at radius 3 is 2.58 bits per heavy atom. The number of benzene rings is 1. The van der Waals surface area contributed by atoms with Crippen LogP contribution in [0.15, 0.2) is 12.1 Å². The van der Waals surface area contributed by atoms with E-state index in [0.29, 0.717) is 0 Å². The van der Waals surface area contributed by atoms with Crippen LogP contribution in [0.25, 0.3) is 0 Å². The van der Waals surface area contributed by atoms with E-state index in [1.54, 1.807) is 0 Å². The molecule has 0 bridgehead atoms. The number of hydrogen-bond donors (Lipinski definition) is 1. The standard InChI is InChI=1S/C10H7F2NO6/c11-10(12)19-7-2-1-5(4-14)9(13(17)18)6(7)3-8(15)16/h1-2,4,10H,3H2,(H,15,16). The fourth-order valence-electron chi connectivity index (χ4n) is 1.48. The Morgan fingerprint density at radius 2 is 2.16 bits per heavy atom. The van der Waals surface area contributed by atoms with Crippen molar-refractivity contribution in [1.82, 2.24) is 0 Å². The van der Waals surface area contributed by atoms with Crippen molar-refractivity contribution >= 4 is 17.9 Å². The lowest BCUT2D eigenvalue weighted by molar-refractivity contribution is -0.385. The number of nitrogens with zero attached hydrogens (tertiary/aromatic N) is 1. The Morgan fingerprint density at radius 1 is 1.53 bits per heavy atom. The molecule has 102 valence electrons. The first kappa shape index (κ1) is 14.5. The second-order valence-corrected chi connectivity index (χ2v) is 3.30. The molecule has 0 amide bonds. The number of rotatable bonds is 6. The number of aliphatic carboxylic acids is 1. The van der Waals surface area contributed by atoms with Crippen LogP contribution in [-0.4, -0.2) is 28.9 Å². The van der Waals surface area contributed by atoms with Gasteiger partial charge in [-0.3, -0.25) is 19.7 Å². The highest BCUT2D eigenvalue weighted by atomic mass is 19.3. The first-order chi connectivity index (χ1) is 8.86.